The van der Waals surface area contributed by atoms with Gasteiger partial charge in [0.2, 0.25) is 5.96 Å². The van der Waals surface area contributed by atoms with E-state index in [9.17, 15) is 24.5 Å². The van der Waals surface area contributed by atoms with Crippen LogP contribution in [0.1, 0.15) is 29.6 Å². The number of phosphoric acid groups is 1. The third-order valence-corrected chi connectivity index (χ3v) is 7.59. The average Bonchev–Trinajstić information content (AvgIpc) is 3.56. The number of nitrogens with two attached hydrogens (primary N) is 2. The van der Waals surface area contributed by atoms with Gasteiger partial charge in [-0.2, -0.15) is 0 Å². The molecule has 8 atom stereocenters. The van der Waals surface area contributed by atoms with E-state index in [1.807, 2.05) is 0 Å². The molecule has 20 heteroatoms. The zero-order valence-electron chi connectivity index (χ0n) is 20.7. The first kappa shape index (κ1) is 27.8. The van der Waals surface area contributed by atoms with Crippen molar-refractivity contribution in [3.05, 3.63) is 12.0 Å². The zero-order chi connectivity index (χ0) is 27.9. The molecule has 0 radical (unpaired) electrons. The predicted octanol–water partition coefficient (Wildman–Crippen LogP) is -2.89. The van der Waals surface area contributed by atoms with E-state index in [-0.39, 0.29) is 31.2 Å². The number of nitrogens with one attached hydrogen (secondary N) is 1. The molecule has 0 saturated carbocycles. The lowest BCUT2D eigenvalue weighted by molar-refractivity contribution is -0.196. The van der Waals surface area contributed by atoms with Crippen LogP contribution >= 0.6 is 7.82 Å². The molecule has 39 heavy (non-hydrogen) atoms. The van der Waals surface area contributed by atoms with Gasteiger partial charge in [-0.15, -0.1) is 0 Å². The second-order valence-corrected chi connectivity index (χ2v) is 10.5. The summed E-state index contributed by atoms with van der Waals surface area (Å²) in [5.41, 5.74) is 11.6. The number of rotatable bonds is 8. The van der Waals surface area contributed by atoms with Crippen LogP contribution in [-0.2, 0) is 27.9 Å². The van der Waals surface area contributed by atoms with Gasteiger partial charge in [-0.3, -0.25) is 24.1 Å². The van der Waals surface area contributed by atoms with E-state index >= 15 is 0 Å². The Morgan fingerprint density at radius 1 is 1.28 bits per heavy atom. The minimum atomic E-state index is -4.70. The fraction of sp³-hybridized carbons (Fsp3) is 0.684. The summed E-state index contributed by atoms with van der Waals surface area (Å²) >= 11 is 0. The van der Waals surface area contributed by atoms with Crippen molar-refractivity contribution in [2.24, 2.45) is 21.5 Å². The minimum Gasteiger partial charge on any atom is -0.394 e. The van der Waals surface area contributed by atoms with Gasteiger partial charge in [0.25, 0.3) is 5.91 Å². The first-order valence-electron chi connectivity index (χ1n) is 11.9. The van der Waals surface area contributed by atoms with Crippen LogP contribution in [0.5, 0.6) is 0 Å². The molecule has 4 unspecified atom stereocenters. The number of aliphatic hydroxyl groups excluding tert-OH is 2. The predicted molar refractivity (Wildman–Crippen MR) is 130 cm³/mol. The number of aliphatic imine (C=N–C) groups is 2. The number of hydrogen-bond acceptors (Lipinski definition) is 16. The Morgan fingerprint density at radius 3 is 2.82 bits per heavy atom. The molecule has 2 saturated heterocycles. The molecule has 0 bridgehead atoms. The maximum atomic E-state index is 12.7. The van der Waals surface area contributed by atoms with Crippen molar-refractivity contribution in [1.29, 1.82) is 0 Å². The number of hydroxylamine groups is 2. The second-order valence-electron chi connectivity index (χ2n) is 9.12. The SMILES string of the molecule is CN1c2c(ncn2[C@H]2CC(O)[C@@H](COP(=O)(O)OC3C[C@H](N4C=NC(N)=NCO4)O[C@@H]3CO)O2)C(=O)NC1N. The summed E-state index contributed by atoms with van der Waals surface area (Å²) in [7, 11) is -3.03. The van der Waals surface area contributed by atoms with Gasteiger partial charge in [-0.25, -0.2) is 29.4 Å². The molecule has 0 aliphatic carbocycles. The molecule has 5 heterocycles. The van der Waals surface area contributed by atoms with E-state index in [1.54, 1.807) is 16.5 Å². The molecule has 1 aromatic rings. The minimum absolute atomic E-state index is 0.00263. The number of guanidine groups is 1. The third-order valence-electron chi connectivity index (χ3n) is 6.58. The van der Waals surface area contributed by atoms with Crippen LogP contribution in [0, 0.1) is 0 Å². The van der Waals surface area contributed by atoms with Gasteiger partial charge in [0.05, 0.1) is 25.6 Å². The van der Waals surface area contributed by atoms with Crippen LogP contribution in [0.2, 0.25) is 0 Å². The van der Waals surface area contributed by atoms with Gasteiger partial charge < -0.3 is 40.5 Å². The standard InChI is InChI=1S/C19H30N9O10P/c1-26-17-15(16(31)25-19(26)21)22-6-27(17)13-2-9(30)12(37-13)5-35-39(32,33)38-10-3-14(36-11(10)4-29)28-7-23-18(20)24-8-34-28/h6-7,9-14,19,29-30H,2-5,8,21H2,1H3,(H2,20,24)(H,25,31)(H,32,33)/t9?,10?,11-,12-,13-,14-,19?/m1/s1. The van der Waals surface area contributed by atoms with E-state index in [2.05, 4.69) is 20.3 Å². The molecular weight excluding hydrogens is 545 g/mol. The molecule has 4 aliphatic heterocycles. The Hall–Kier alpha value is -2.71. The van der Waals surface area contributed by atoms with Gasteiger partial charge >= 0.3 is 7.82 Å². The number of hydrogen-bond donors (Lipinski definition) is 6. The maximum absolute atomic E-state index is 12.7. The Morgan fingerprint density at radius 2 is 2.05 bits per heavy atom. The largest absolute Gasteiger partial charge is 0.472 e. The van der Waals surface area contributed by atoms with E-state index in [4.69, 9.17) is 34.8 Å². The van der Waals surface area contributed by atoms with Crippen LogP contribution in [0.15, 0.2) is 16.3 Å². The summed E-state index contributed by atoms with van der Waals surface area (Å²) in [6.07, 6.45) is -3.67. The maximum Gasteiger partial charge on any atom is 0.472 e. The molecule has 19 nitrogen and oxygen atoms in total. The Labute approximate surface area is 221 Å². The van der Waals surface area contributed by atoms with Crippen molar-refractivity contribution in [2.45, 2.75) is 56.0 Å². The average molecular weight is 575 g/mol. The molecule has 1 amide bonds. The number of aliphatic hydroxyl groups is 2. The van der Waals surface area contributed by atoms with Crippen molar-refractivity contribution in [1.82, 2.24) is 19.9 Å². The van der Waals surface area contributed by atoms with Crippen molar-refractivity contribution in [3.8, 4) is 0 Å². The van der Waals surface area contributed by atoms with Gasteiger partial charge in [0.1, 0.15) is 36.7 Å². The number of fused-ring (bicyclic) bond motifs is 1. The highest BCUT2D eigenvalue weighted by atomic mass is 31.2. The van der Waals surface area contributed by atoms with E-state index in [0.29, 0.717) is 5.82 Å². The van der Waals surface area contributed by atoms with Crippen LogP contribution in [0.3, 0.4) is 0 Å². The fourth-order valence-corrected chi connectivity index (χ4v) is 5.51. The summed E-state index contributed by atoms with van der Waals surface area (Å²) in [5, 5.41) is 24.0. The molecule has 5 rings (SSSR count). The molecule has 0 spiro atoms. The summed E-state index contributed by atoms with van der Waals surface area (Å²) < 4.78 is 36.2. The lowest BCUT2D eigenvalue weighted by atomic mass is 10.2. The lowest BCUT2D eigenvalue weighted by Crippen LogP contribution is -2.57. The van der Waals surface area contributed by atoms with Crippen LogP contribution in [0.4, 0.5) is 5.82 Å². The van der Waals surface area contributed by atoms with E-state index < -0.39 is 70.1 Å². The van der Waals surface area contributed by atoms with Gasteiger partial charge in [0, 0.05) is 19.9 Å². The molecule has 2 fully saturated rings. The smallest absolute Gasteiger partial charge is 0.394 e. The number of aromatic nitrogens is 2. The van der Waals surface area contributed by atoms with Crippen molar-refractivity contribution in [2.75, 3.05) is 31.9 Å². The quantitative estimate of drug-likeness (QED) is 0.170. The third kappa shape index (κ3) is 5.78. The Bertz CT molecular complexity index is 1180. The number of amides is 1. The van der Waals surface area contributed by atoms with Crippen molar-refractivity contribution >= 4 is 31.8 Å². The highest BCUT2D eigenvalue weighted by molar-refractivity contribution is 7.47. The highest BCUT2D eigenvalue weighted by Crippen LogP contribution is 2.48. The van der Waals surface area contributed by atoms with Gasteiger partial charge in [-0.05, 0) is 0 Å². The topological polar surface area (TPSA) is 254 Å². The summed E-state index contributed by atoms with van der Waals surface area (Å²) in [5.74, 6) is -0.0415. The normalized spacial score (nSPS) is 34.4. The number of carbonyl (C=O) groups excluding carboxylic acids is 1. The number of ether oxygens (including phenoxy) is 2. The van der Waals surface area contributed by atoms with E-state index in [0.717, 1.165) is 0 Å². The number of imidazole rings is 1. The van der Waals surface area contributed by atoms with Crippen molar-refractivity contribution < 1.29 is 47.8 Å². The molecular formula is C19H30N9O10P. The monoisotopic (exact) mass is 575 g/mol. The van der Waals surface area contributed by atoms with Crippen LogP contribution < -0.4 is 21.7 Å². The molecule has 216 valence electrons. The summed E-state index contributed by atoms with van der Waals surface area (Å²) in [6.45, 7) is -1.12. The number of phosphoric ester groups is 1. The first-order chi connectivity index (χ1) is 18.6. The second kappa shape index (κ2) is 11.0. The molecule has 1 aromatic heterocycles. The lowest BCUT2D eigenvalue weighted by Gasteiger charge is -2.33. The van der Waals surface area contributed by atoms with E-state index in [1.165, 1.54) is 17.7 Å². The molecule has 0 aromatic carbocycles. The van der Waals surface area contributed by atoms with Crippen molar-refractivity contribution in [3.63, 3.8) is 0 Å². The molecule has 8 N–H and O–H groups in total. The van der Waals surface area contributed by atoms with Crippen LogP contribution in [0.25, 0.3) is 0 Å². The summed E-state index contributed by atoms with van der Waals surface area (Å²) in [4.78, 5) is 41.3. The van der Waals surface area contributed by atoms with Gasteiger partial charge in [0.15, 0.2) is 24.9 Å². The van der Waals surface area contributed by atoms with Crippen LogP contribution in [-0.4, -0.2) is 112 Å². The number of anilines is 1. The number of carbonyl (C=O) groups is 1. The summed E-state index contributed by atoms with van der Waals surface area (Å²) in [6, 6.07) is 0. The fourth-order valence-electron chi connectivity index (χ4n) is 4.55. The highest BCUT2D eigenvalue weighted by Gasteiger charge is 2.45. The molecule has 4 aliphatic rings. The number of nitrogens with zero attached hydrogens (tertiary/aromatic N) is 6. The Balaban J connectivity index is 1.18. The zero-order valence-corrected chi connectivity index (χ0v) is 21.6. The Kier molecular flexibility index (Phi) is 7.89. The first-order valence-corrected chi connectivity index (χ1v) is 13.4. The van der Waals surface area contributed by atoms with Gasteiger partial charge in [-0.1, -0.05) is 0 Å².